The van der Waals surface area contributed by atoms with E-state index in [9.17, 15) is 9.59 Å². The molecule has 0 aliphatic carbocycles. The Kier molecular flexibility index (Phi) is 3.34. The van der Waals surface area contributed by atoms with E-state index >= 15 is 0 Å². The molecule has 0 N–H and O–H groups in total. The number of Topliss-reactive ketones (excluding diaryl/α,β-unsaturated/α-hetero) is 1. The fraction of sp³-hybridized carbons (Fsp3) is 0.0833. The predicted octanol–water partition coefficient (Wildman–Crippen LogP) is 3.16. The molecule has 3 heterocycles. The van der Waals surface area contributed by atoms with Gasteiger partial charge in [0.05, 0.1) is 23.1 Å². The Morgan fingerprint density at radius 1 is 1.32 bits per heavy atom. The predicted molar refractivity (Wildman–Crippen MR) is 80.2 cm³/mol. The molecule has 0 aliphatic rings. The van der Waals surface area contributed by atoms with E-state index in [2.05, 4.69) is 20.9 Å². The smallest absolute Gasteiger partial charge is 0.262 e. The minimum Gasteiger partial charge on any atom is -0.291 e. The van der Waals surface area contributed by atoms with Gasteiger partial charge in [0.2, 0.25) is 0 Å². The van der Waals surface area contributed by atoms with E-state index < -0.39 is 0 Å². The van der Waals surface area contributed by atoms with Crippen LogP contribution in [-0.2, 0) is 6.54 Å². The monoisotopic (exact) mass is 354 g/mol. The summed E-state index contributed by atoms with van der Waals surface area (Å²) in [6.07, 6.45) is 1.43. The van der Waals surface area contributed by atoms with Gasteiger partial charge in [-0.3, -0.25) is 14.2 Å². The Morgan fingerprint density at radius 3 is 2.84 bits per heavy atom. The van der Waals surface area contributed by atoms with Crippen molar-refractivity contribution in [1.29, 1.82) is 0 Å². The Hall–Kier alpha value is -1.31. The summed E-state index contributed by atoms with van der Waals surface area (Å²) >= 11 is 6.09. The lowest BCUT2D eigenvalue weighted by molar-refractivity contribution is 0.0974. The molecule has 0 fully saturated rings. The van der Waals surface area contributed by atoms with Crippen LogP contribution < -0.4 is 5.56 Å². The van der Waals surface area contributed by atoms with Gasteiger partial charge < -0.3 is 0 Å². The second-order valence-corrected chi connectivity index (χ2v) is 6.50. The number of carbonyl (C=O) groups is 1. The summed E-state index contributed by atoms with van der Waals surface area (Å²) in [6, 6.07) is 3.55. The van der Waals surface area contributed by atoms with E-state index in [0.29, 0.717) is 15.1 Å². The maximum absolute atomic E-state index is 12.1. The Bertz CT molecular complexity index is 818. The van der Waals surface area contributed by atoms with Crippen molar-refractivity contribution < 1.29 is 4.79 Å². The maximum atomic E-state index is 12.1. The first-order chi connectivity index (χ1) is 9.16. The van der Waals surface area contributed by atoms with Crippen molar-refractivity contribution in [2.75, 3.05) is 0 Å². The van der Waals surface area contributed by atoms with E-state index in [1.165, 1.54) is 33.6 Å². The number of thiophene rings is 2. The van der Waals surface area contributed by atoms with Crippen LogP contribution in [0.25, 0.3) is 10.2 Å². The zero-order chi connectivity index (χ0) is 13.4. The van der Waals surface area contributed by atoms with Crippen molar-refractivity contribution in [3.05, 3.63) is 48.9 Å². The molecule has 0 aliphatic heterocycles. The van der Waals surface area contributed by atoms with Crippen molar-refractivity contribution in [2.45, 2.75) is 6.54 Å². The zero-order valence-electron chi connectivity index (χ0n) is 9.50. The van der Waals surface area contributed by atoms with Gasteiger partial charge in [-0.05, 0) is 38.8 Å². The van der Waals surface area contributed by atoms with Crippen LogP contribution in [0.3, 0.4) is 0 Å². The highest BCUT2D eigenvalue weighted by atomic mass is 79.9. The third-order valence-electron chi connectivity index (χ3n) is 2.63. The van der Waals surface area contributed by atoms with Gasteiger partial charge in [0.15, 0.2) is 5.78 Å². The molecule has 3 aromatic rings. The largest absolute Gasteiger partial charge is 0.291 e. The number of carbonyl (C=O) groups excluding carboxylic acids is 1. The second-order valence-electron chi connectivity index (χ2n) is 3.84. The van der Waals surface area contributed by atoms with Crippen molar-refractivity contribution in [3.63, 3.8) is 0 Å². The topological polar surface area (TPSA) is 52.0 Å². The quantitative estimate of drug-likeness (QED) is 0.678. The second kappa shape index (κ2) is 4.99. The first kappa shape index (κ1) is 12.7. The minimum absolute atomic E-state index is 0.0106. The summed E-state index contributed by atoms with van der Waals surface area (Å²) in [6.45, 7) is 0.0106. The highest BCUT2D eigenvalue weighted by Crippen LogP contribution is 2.23. The number of hydrogen-bond donors (Lipinski definition) is 0. The van der Waals surface area contributed by atoms with Crippen LogP contribution in [0.5, 0.6) is 0 Å². The van der Waals surface area contributed by atoms with Crippen LogP contribution in [-0.4, -0.2) is 15.3 Å². The van der Waals surface area contributed by atoms with Crippen LogP contribution in [0.2, 0.25) is 0 Å². The summed E-state index contributed by atoms with van der Waals surface area (Å²) in [7, 11) is 0. The first-order valence-electron chi connectivity index (χ1n) is 5.35. The summed E-state index contributed by atoms with van der Waals surface area (Å²) < 4.78 is 2.11. The van der Waals surface area contributed by atoms with Gasteiger partial charge in [-0.1, -0.05) is 0 Å². The average molecular weight is 355 g/mol. The molecule has 0 saturated heterocycles. The third-order valence-corrected chi connectivity index (χ3v) is 5.33. The van der Waals surface area contributed by atoms with Gasteiger partial charge >= 0.3 is 0 Å². The lowest BCUT2D eigenvalue weighted by Crippen LogP contribution is -2.24. The molecule has 0 bridgehead atoms. The first-order valence-corrected chi connectivity index (χ1v) is 7.91. The molecule has 96 valence electrons. The van der Waals surface area contributed by atoms with E-state index in [1.54, 1.807) is 6.07 Å². The van der Waals surface area contributed by atoms with Crippen molar-refractivity contribution in [2.24, 2.45) is 0 Å². The Labute approximate surface area is 124 Å². The number of rotatable bonds is 3. The molecule has 0 spiro atoms. The maximum Gasteiger partial charge on any atom is 0.262 e. The van der Waals surface area contributed by atoms with Crippen molar-refractivity contribution in [1.82, 2.24) is 9.55 Å². The minimum atomic E-state index is -0.174. The van der Waals surface area contributed by atoms with Gasteiger partial charge in [-0.15, -0.1) is 22.7 Å². The van der Waals surface area contributed by atoms with Crippen LogP contribution in [0, 0.1) is 0 Å². The molecule has 3 rings (SSSR count). The Balaban J connectivity index is 1.98. The van der Waals surface area contributed by atoms with Crippen LogP contribution in [0.4, 0.5) is 0 Å². The van der Waals surface area contributed by atoms with E-state index in [1.807, 2.05) is 16.8 Å². The molecular weight excluding hydrogens is 348 g/mol. The summed E-state index contributed by atoms with van der Waals surface area (Å²) in [5.41, 5.74) is -0.174. The van der Waals surface area contributed by atoms with E-state index in [4.69, 9.17) is 0 Å². The van der Waals surface area contributed by atoms with Gasteiger partial charge in [-0.25, -0.2) is 4.98 Å². The zero-order valence-corrected chi connectivity index (χ0v) is 12.7. The lowest BCUT2D eigenvalue weighted by atomic mass is 10.3. The number of fused-ring (bicyclic) bond motifs is 1. The highest BCUT2D eigenvalue weighted by molar-refractivity contribution is 9.10. The van der Waals surface area contributed by atoms with Crippen molar-refractivity contribution in [3.8, 4) is 0 Å². The molecule has 0 atom stereocenters. The van der Waals surface area contributed by atoms with Gasteiger partial charge in [0.1, 0.15) is 4.83 Å². The number of hydrogen-bond acceptors (Lipinski definition) is 5. The number of aromatic nitrogens is 2. The fourth-order valence-electron chi connectivity index (χ4n) is 1.73. The average Bonchev–Trinajstić information content (AvgIpc) is 3.01. The number of nitrogens with zero attached hydrogens (tertiary/aromatic N) is 2. The van der Waals surface area contributed by atoms with Crippen LogP contribution in [0.1, 0.15) is 9.67 Å². The lowest BCUT2D eigenvalue weighted by Gasteiger charge is -2.03. The third kappa shape index (κ3) is 2.29. The fourth-order valence-corrected chi connectivity index (χ4v) is 3.97. The van der Waals surface area contributed by atoms with Gasteiger partial charge in [0.25, 0.3) is 5.56 Å². The molecule has 7 heteroatoms. The van der Waals surface area contributed by atoms with Gasteiger partial charge in [0, 0.05) is 4.47 Å². The van der Waals surface area contributed by atoms with Crippen LogP contribution in [0.15, 0.2) is 38.5 Å². The van der Waals surface area contributed by atoms with E-state index in [-0.39, 0.29) is 17.9 Å². The highest BCUT2D eigenvalue weighted by Gasteiger charge is 2.14. The summed E-state index contributed by atoms with van der Waals surface area (Å²) in [5.74, 6) is -0.0969. The molecule has 19 heavy (non-hydrogen) atoms. The molecule has 4 nitrogen and oxygen atoms in total. The molecule has 3 aromatic heterocycles. The summed E-state index contributed by atoms with van der Waals surface area (Å²) in [4.78, 5) is 29.8. The van der Waals surface area contributed by atoms with Crippen molar-refractivity contribution >= 4 is 54.6 Å². The summed E-state index contributed by atoms with van der Waals surface area (Å²) in [5, 5.41) is 4.21. The Morgan fingerprint density at radius 2 is 2.11 bits per heavy atom. The molecule has 0 aromatic carbocycles. The normalized spacial score (nSPS) is 11.0. The molecular formula is C12H7BrN2O2S2. The van der Waals surface area contributed by atoms with E-state index in [0.717, 1.165) is 4.47 Å². The molecule has 0 saturated carbocycles. The standard InChI is InChI=1S/C12H7BrN2O2S2/c13-8-2-4-18-10(8)9(16)5-15-6-14-11-7(12(15)17)1-3-19-11/h1-4,6H,5H2. The molecule has 0 radical (unpaired) electrons. The SMILES string of the molecule is O=C(Cn1cnc2sccc2c1=O)c1sccc1Br. The van der Waals surface area contributed by atoms with Crippen LogP contribution >= 0.6 is 38.6 Å². The number of halogens is 1. The van der Waals surface area contributed by atoms with Gasteiger partial charge in [-0.2, -0.15) is 0 Å². The number of ketones is 1. The molecule has 0 amide bonds. The molecule has 0 unspecified atom stereocenters.